The van der Waals surface area contributed by atoms with Crippen LogP contribution in [0.25, 0.3) is 0 Å². The first-order valence-corrected chi connectivity index (χ1v) is 12.1. The van der Waals surface area contributed by atoms with Crippen LogP contribution in [0.5, 0.6) is 0 Å². The van der Waals surface area contributed by atoms with E-state index in [0.29, 0.717) is 0 Å². The molecule has 0 radical (unpaired) electrons. The van der Waals surface area contributed by atoms with Crippen LogP contribution < -0.4 is 0 Å². The lowest BCUT2D eigenvalue weighted by molar-refractivity contribution is -0.386. The maximum absolute atomic E-state index is 11.4. The normalized spacial score (nSPS) is 51.2. The molecular weight excluding hydrogens is 504 g/mol. The average Bonchev–Trinajstić information content (AvgIpc) is 2.88. The van der Waals surface area contributed by atoms with Crippen LogP contribution in [0.4, 0.5) is 0 Å². The fourth-order valence-electron chi connectivity index (χ4n) is 4.96. The second-order valence-corrected chi connectivity index (χ2v) is 9.75. The molecule has 15 unspecified atom stereocenters. The molecule has 0 aliphatic carbocycles. The van der Waals surface area contributed by atoms with Crippen molar-refractivity contribution in [1.29, 1.82) is 0 Å². The molecule has 0 amide bonds. The van der Waals surface area contributed by atoms with Crippen LogP contribution in [0.15, 0.2) is 0 Å². The topological polar surface area (TPSA) is 226 Å². The monoisotopic (exact) mass is 544 g/mol. The van der Waals surface area contributed by atoms with Gasteiger partial charge in [-0.1, -0.05) is 6.92 Å². The van der Waals surface area contributed by atoms with E-state index in [-0.39, 0.29) is 0 Å². The molecule has 3 rings (SSSR count). The van der Waals surface area contributed by atoms with Gasteiger partial charge in [-0.3, -0.25) is 0 Å². The average molecular weight is 545 g/mol. The highest BCUT2D eigenvalue weighted by Gasteiger charge is 2.57. The molecule has 3 aliphatic heterocycles. The predicted molar refractivity (Wildman–Crippen MR) is 119 cm³/mol. The second-order valence-electron chi connectivity index (χ2n) is 9.75. The maximum atomic E-state index is 11.4. The Bertz CT molecular complexity index is 708. The van der Waals surface area contributed by atoms with Crippen molar-refractivity contribution >= 4 is 0 Å². The van der Waals surface area contributed by atoms with Crippen molar-refractivity contribution in [2.45, 2.75) is 99.4 Å². The standard InChI is InChI=1S/C22H40O15/c1-8-19(36-17-10(6-24)33-20(32-4)14(28)13(17)27)35-11(7-25)18(22(8,2)30)37-21-15(29)12(26)16(31-3)9(5-23)34-21/h8-21,23-30H,5-7H2,1-4H3. The van der Waals surface area contributed by atoms with Gasteiger partial charge in [0, 0.05) is 20.1 Å². The first kappa shape index (κ1) is 30.9. The first-order valence-electron chi connectivity index (χ1n) is 12.1. The minimum absolute atomic E-state index is 0.553. The Hall–Kier alpha value is -0.600. The van der Waals surface area contributed by atoms with Crippen molar-refractivity contribution in [2.75, 3.05) is 34.0 Å². The number of ether oxygens (including phenoxy) is 7. The molecule has 0 spiro atoms. The Balaban J connectivity index is 1.78. The summed E-state index contributed by atoms with van der Waals surface area (Å²) in [6.45, 7) is 1.10. The van der Waals surface area contributed by atoms with Gasteiger partial charge in [0.2, 0.25) is 0 Å². The van der Waals surface area contributed by atoms with E-state index in [1.165, 1.54) is 28.1 Å². The maximum Gasteiger partial charge on any atom is 0.187 e. The van der Waals surface area contributed by atoms with Gasteiger partial charge < -0.3 is 74.0 Å². The molecule has 0 saturated carbocycles. The second kappa shape index (κ2) is 12.7. The fraction of sp³-hybridized carbons (Fsp3) is 1.00. The summed E-state index contributed by atoms with van der Waals surface area (Å²) in [6, 6.07) is 0. The van der Waals surface area contributed by atoms with Crippen LogP contribution >= 0.6 is 0 Å². The predicted octanol–water partition coefficient (Wildman–Crippen LogP) is -4.60. The lowest BCUT2D eigenvalue weighted by Crippen LogP contribution is -2.68. The van der Waals surface area contributed by atoms with Gasteiger partial charge in [-0.05, 0) is 6.92 Å². The number of methoxy groups -OCH3 is 2. The van der Waals surface area contributed by atoms with Crippen LogP contribution in [0.1, 0.15) is 13.8 Å². The first-order chi connectivity index (χ1) is 17.5. The molecule has 0 aromatic carbocycles. The number of aliphatic hydroxyl groups excluding tert-OH is 7. The molecule has 15 atom stereocenters. The Labute approximate surface area is 214 Å². The van der Waals surface area contributed by atoms with Crippen molar-refractivity contribution in [3.63, 3.8) is 0 Å². The molecule has 15 heteroatoms. The molecule has 0 aromatic heterocycles. The van der Waals surface area contributed by atoms with Gasteiger partial charge in [-0.15, -0.1) is 0 Å². The number of hydrogen-bond donors (Lipinski definition) is 8. The smallest absolute Gasteiger partial charge is 0.187 e. The molecule has 0 bridgehead atoms. The Morgan fingerprint density at radius 3 is 1.68 bits per heavy atom. The SMILES string of the molecule is COC1OC(CO)C(OC2OC(CO)C(OC3OC(CO)C(OC)C(O)C3O)C(C)(O)C2C)C(O)C1O. The molecule has 8 N–H and O–H groups in total. The molecule has 218 valence electrons. The lowest BCUT2D eigenvalue weighted by Gasteiger charge is -2.52. The van der Waals surface area contributed by atoms with Crippen molar-refractivity contribution in [3.8, 4) is 0 Å². The molecular formula is C22H40O15. The molecule has 3 saturated heterocycles. The van der Waals surface area contributed by atoms with Gasteiger partial charge in [-0.2, -0.15) is 0 Å². The third-order valence-electron chi connectivity index (χ3n) is 7.45. The van der Waals surface area contributed by atoms with E-state index in [4.69, 9.17) is 33.2 Å². The molecule has 3 aliphatic rings. The Morgan fingerprint density at radius 2 is 1.14 bits per heavy atom. The fourth-order valence-corrected chi connectivity index (χ4v) is 4.96. The van der Waals surface area contributed by atoms with E-state index in [0.717, 1.165) is 0 Å². The van der Waals surface area contributed by atoms with E-state index >= 15 is 0 Å². The summed E-state index contributed by atoms with van der Waals surface area (Å²) in [5.41, 5.74) is -1.81. The third kappa shape index (κ3) is 5.96. The van der Waals surface area contributed by atoms with Gasteiger partial charge in [0.25, 0.3) is 0 Å². The zero-order valence-electron chi connectivity index (χ0n) is 21.1. The number of aliphatic hydroxyl groups is 8. The van der Waals surface area contributed by atoms with Gasteiger partial charge >= 0.3 is 0 Å². The van der Waals surface area contributed by atoms with Crippen molar-refractivity contribution in [3.05, 3.63) is 0 Å². The van der Waals surface area contributed by atoms with E-state index < -0.39 is 111 Å². The van der Waals surface area contributed by atoms with Crippen LogP contribution in [0, 0.1) is 5.92 Å². The summed E-state index contributed by atoms with van der Waals surface area (Å²) in [5, 5.41) is 82.6. The Morgan fingerprint density at radius 1 is 0.649 bits per heavy atom. The molecule has 37 heavy (non-hydrogen) atoms. The summed E-state index contributed by atoms with van der Waals surface area (Å²) in [6.07, 6.45) is -17.2. The highest BCUT2D eigenvalue weighted by atomic mass is 16.8. The quantitative estimate of drug-likeness (QED) is 0.137. The van der Waals surface area contributed by atoms with Crippen LogP contribution in [-0.4, -0.2) is 160 Å². The van der Waals surface area contributed by atoms with Gasteiger partial charge in [0.15, 0.2) is 18.9 Å². The highest BCUT2D eigenvalue weighted by Crippen LogP contribution is 2.40. The lowest BCUT2D eigenvalue weighted by atomic mass is 9.79. The zero-order chi connectivity index (χ0) is 27.7. The van der Waals surface area contributed by atoms with E-state index in [1.54, 1.807) is 0 Å². The van der Waals surface area contributed by atoms with Crippen molar-refractivity contribution in [2.24, 2.45) is 5.92 Å². The largest absolute Gasteiger partial charge is 0.394 e. The van der Waals surface area contributed by atoms with E-state index in [9.17, 15) is 40.9 Å². The molecule has 3 heterocycles. The van der Waals surface area contributed by atoms with Gasteiger partial charge in [0.05, 0.1) is 25.4 Å². The summed E-state index contributed by atoms with van der Waals surface area (Å²) < 4.78 is 38.6. The van der Waals surface area contributed by atoms with Crippen LogP contribution in [0.3, 0.4) is 0 Å². The molecule has 3 fully saturated rings. The van der Waals surface area contributed by atoms with Crippen molar-refractivity contribution in [1.82, 2.24) is 0 Å². The van der Waals surface area contributed by atoms with Gasteiger partial charge in [-0.25, -0.2) is 0 Å². The minimum atomic E-state index is -1.81. The molecule has 0 aromatic rings. The van der Waals surface area contributed by atoms with E-state index in [2.05, 4.69) is 0 Å². The van der Waals surface area contributed by atoms with Gasteiger partial charge in [0.1, 0.15) is 61.0 Å². The van der Waals surface area contributed by atoms with Crippen molar-refractivity contribution < 1.29 is 74.0 Å². The molecule has 15 nitrogen and oxygen atoms in total. The highest BCUT2D eigenvalue weighted by molar-refractivity contribution is 5.01. The number of rotatable bonds is 9. The minimum Gasteiger partial charge on any atom is -0.394 e. The van der Waals surface area contributed by atoms with E-state index in [1.807, 2.05) is 0 Å². The Kier molecular flexibility index (Phi) is 10.6. The zero-order valence-corrected chi connectivity index (χ0v) is 21.1. The van der Waals surface area contributed by atoms with Crippen LogP contribution in [0.2, 0.25) is 0 Å². The summed E-state index contributed by atoms with van der Waals surface area (Å²) in [7, 11) is 2.54. The summed E-state index contributed by atoms with van der Waals surface area (Å²) >= 11 is 0. The van der Waals surface area contributed by atoms with Crippen LogP contribution in [-0.2, 0) is 33.2 Å². The number of hydrogen-bond acceptors (Lipinski definition) is 15. The summed E-state index contributed by atoms with van der Waals surface area (Å²) in [5.74, 6) is -0.907. The summed E-state index contributed by atoms with van der Waals surface area (Å²) in [4.78, 5) is 0. The third-order valence-corrected chi connectivity index (χ3v) is 7.45.